The standard InChI is InChI=1S/C18H33N3/c1-14(2)20-18(4,13-19)11-15(3)21-10-9-16-7-5-6-8-17(16)12-21/h14-17,20H,5-12H2,1-4H3. The maximum Gasteiger partial charge on any atom is 0.105 e. The number of hydrogen-bond acceptors (Lipinski definition) is 3. The molecule has 3 heteroatoms. The molecule has 1 heterocycles. The Kier molecular flexibility index (Phi) is 5.68. The topological polar surface area (TPSA) is 39.1 Å². The van der Waals surface area contributed by atoms with Crippen LogP contribution in [0.5, 0.6) is 0 Å². The van der Waals surface area contributed by atoms with Crippen LogP contribution in [0.25, 0.3) is 0 Å². The molecular weight excluding hydrogens is 258 g/mol. The predicted molar refractivity (Wildman–Crippen MR) is 88.0 cm³/mol. The third-order valence-electron chi connectivity index (χ3n) is 5.50. The van der Waals surface area contributed by atoms with Gasteiger partial charge in [-0.25, -0.2) is 0 Å². The number of piperidine rings is 1. The Morgan fingerprint density at radius 2 is 1.86 bits per heavy atom. The van der Waals surface area contributed by atoms with E-state index in [-0.39, 0.29) is 0 Å². The zero-order valence-electron chi connectivity index (χ0n) is 14.4. The van der Waals surface area contributed by atoms with Gasteiger partial charge in [-0.2, -0.15) is 5.26 Å². The normalized spacial score (nSPS) is 31.2. The molecule has 2 fully saturated rings. The lowest BCUT2D eigenvalue weighted by Crippen LogP contribution is -2.52. The first-order valence-electron chi connectivity index (χ1n) is 8.86. The summed E-state index contributed by atoms with van der Waals surface area (Å²) in [6.45, 7) is 11.1. The van der Waals surface area contributed by atoms with Gasteiger partial charge < -0.3 is 4.90 Å². The number of rotatable bonds is 5. The van der Waals surface area contributed by atoms with Crippen LogP contribution in [0, 0.1) is 23.2 Å². The molecule has 0 amide bonds. The van der Waals surface area contributed by atoms with E-state index in [9.17, 15) is 5.26 Å². The summed E-state index contributed by atoms with van der Waals surface area (Å²) in [4.78, 5) is 2.64. The van der Waals surface area contributed by atoms with E-state index in [1.54, 1.807) is 0 Å². The molecule has 0 bridgehead atoms. The second-order valence-corrected chi connectivity index (χ2v) is 7.88. The van der Waals surface area contributed by atoms with Gasteiger partial charge in [-0.15, -0.1) is 0 Å². The average Bonchev–Trinajstić information content (AvgIpc) is 2.45. The first-order valence-corrected chi connectivity index (χ1v) is 8.86. The monoisotopic (exact) mass is 291 g/mol. The SMILES string of the molecule is CC(C)NC(C)(C#N)CC(C)N1CCC2CCCCC2C1. The van der Waals surface area contributed by atoms with Crippen LogP contribution in [0.15, 0.2) is 0 Å². The van der Waals surface area contributed by atoms with Crippen LogP contribution in [-0.4, -0.2) is 35.6 Å². The lowest BCUT2D eigenvalue weighted by molar-refractivity contribution is 0.0531. The number of nitrogens with one attached hydrogen (secondary N) is 1. The summed E-state index contributed by atoms with van der Waals surface area (Å²) in [6.07, 6.45) is 8.04. The Morgan fingerprint density at radius 3 is 2.48 bits per heavy atom. The molecule has 4 unspecified atom stereocenters. The Hall–Kier alpha value is -0.590. The maximum absolute atomic E-state index is 9.54. The molecular formula is C18H33N3. The fourth-order valence-electron chi connectivity index (χ4n) is 4.52. The molecule has 4 atom stereocenters. The first-order chi connectivity index (χ1) is 9.93. The van der Waals surface area contributed by atoms with Gasteiger partial charge in [0.05, 0.1) is 6.07 Å². The van der Waals surface area contributed by atoms with Crippen molar-refractivity contribution in [3.63, 3.8) is 0 Å². The number of nitriles is 1. The summed E-state index contributed by atoms with van der Waals surface area (Å²) in [7, 11) is 0. The summed E-state index contributed by atoms with van der Waals surface area (Å²) >= 11 is 0. The maximum atomic E-state index is 9.54. The van der Waals surface area contributed by atoms with Gasteiger partial charge in [0.15, 0.2) is 0 Å². The molecule has 0 aromatic carbocycles. The quantitative estimate of drug-likeness (QED) is 0.842. The molecule has 2 rings (SSSR count). The molecule has 1 aliphatic heterocycles. The van der Waals surface area contributed by atoms with Gasteiger partial charge in [0, 0.05) is 18.6 Å². The highest BCUT2D eigenvalue weighted by atomic mass is 15.2. The van der Waals surface area contributed by atoms with Gasteiger partial charge in [-0.3, -0.25) is 5.32 Å². The van der Waals surface area contributed by atoms with Crippen molar-refractivity contribution in [3.8, 4) is 6.07 Å². The zero-order valence-corrected chi connectivity index (χ0v) is 14.4. The van der Waals surface area contributed by atoms with Crippen LogP contribution in [0.3, 0.4) is 0 Å². The van der Waals surface area contributed by atoms with E-state index in [0.717, 1.165) is 18.3 Å². The van der Waals surface area contributed by atoms with Gasteiger partial charge in [0.25, 0.3) is 0 Å². The van der Waals surface area contributed by atoms with E-state index >= 15 is 0 Å². The number of likely N-dealkylation sites (tertiary alicyclic amines) is 1. The highest BCUT2D eigenvalue weighted by Crippen LogP contribution is 2.37. The van der Waals surface area contributed by atoms with Crippen molar-refractivity contribution in [2.45, 2.75) is 83.8 Å². The van der Waals surface area contributed by atoms with Gasteiger partial charge >= 0.3 is 0 Å². The Bertz CT molecular complexity index is 373. The van der Waals surface area contributed by atoms with E-state index < -0.39 is 5.54 Å². The minimum absolute atomic E-state index is 0.353. The van der Waals surface area contributed by atoms with E-state index in [1.165, 1.54) is 45.2 Å². The highest BCUT2D eigenvalue weighted by molar-refractivity contribution is 5.06. The van der Waals surface area contributed by atoms with Gasteiger partial charge in [0.1, 0.15) is 5.54 Å². The van der Waals surface area contributed by atoms with Gasteiger partial charge in [-0.1, -0.05) is 19.3 Å². The van der Waals surface area contributed by atoms with E-state index in [2.05, 4.69) is 44.0 Å². The lowest BCUT2D eigenvalue weighted by Gasteiger charge is -2.45. The van der Waals surface area contributed by atoms with Crippen molar-refractivity contribution in [2.24, 2.45) is 11.8 Å². The molecule has 3 nitrogen and oxygen atoms in total. The third kappa shape index (κ3) is 4.44. The molecule has 1 saturated carbocycles. The van der Waals surface area contributed by atoms with E-state index in [1.807, 2.05) is 0 Å². The van der Waals surface area contributed by atoms with Crippen molar-refractivity contribution < 1.29 is 0 Å². The van der Waals surface area contributed by atoms with Crippen molar-refractivity contribution in [1.29, 1.82) is 5.26 Å². The van der Waals surface area contributed by atoms with Crippen LogP contribution in [0.1, 0.15) is 66.2 Å². The zero-order chi connectivity index (χ0) is 15.5. The smallest absolute Gasteiger partial charge is 0.105 e. The fourth-order valence-corrected chi connectivity index (χ4v) is 4.52. The second kappa shape index (κ2) is 7.11. The molecule has 0 radical (unpaired) electrons. The predicted octanol–water partition coefficient (Wildman–Crippen LogP) is 3.56. The van der Waals surface area contributed by atoms with E-state index in [4.69, 9.17) is 0 Å². The van der Waals surface area contributed by atoms with Crippen molar-refractivity contribution >= 4 is 0 Å². The van der Waals surface area contributed by atoms with Crippen LogP contribution < -0.4 is 5.32 Å². The first kappa shape index (κ1) is 16.8. The number of hydrogen-bond donors (Lipinski definition) is 1. The van der Waals surface area contributed by atoms with Crippen molar-refractivity contribution in [1.82, 2.24) is 10.2 Å². The molecule has 0 aromatic heterocycles. The molecule has 120 valence electrons. The van der Waals surface area contributed by atoms with Crippen molar-refractivity contribution in [3.05, 3.63) is 0 Å². The summed E-state index contributed by atoms with van der Waals surface area (Å²) in [5, 5.41) is 13.0. The fraction of sp³-hybridized carbons (Fsp3) is 0.944. The second-order valence-electron chi connectivity index (χ2n) is 7.88. The number of nitrogens with zero attached hydrogens (tertiary/aromatic N) is 2. The minimum atomic E-state index is -0.406. The largest absolute Gasteiger partial charge is 0.300 e. The van der Waals surface area contributed by atoms with Crippen LogP contribution in [-0.2, 0) is 0 Å². The Balaban J connectivity index is 1.91. The summed E-state index contributed by atoms with van der Waals surface area (Å²) in [5.41, 5.74) is -0.406. The van der Waals surface area contributed by atoms with Crippen LogP contribution >= 0.6 is 0 Å². The van der Waals surface area contributed by atoms with Crippen LogP contribution in [0.2, 0.25) is 0 Å². The number of fused-ring (bicyclic) bond motifs is 1. The summed E-state index contributed by atoms with van der Waals surface area (Å²) in [6, 6.07) is 3.34. The molecule has 1 N–H and O–H groups in total. The Labute approximate surface area is 131 Å². The highest BCUT2D eigenvalue weighted by Gasteiger charge is 2.35. The summed E-state index contributed by atoms with van der Waals surface area (Å²) in [5.74, 6) is 1.90. The summed E-state index contributed by atoms with van der Waals surface area (Å²) < 4.78 is 0. The molecule has 21 heavy (non-hydrogen) atoms. The molecule has 1 saturated heterocycles. The molecule has 2 aliphatic rings. The minimum Gasteiger partial charge on any atom is -0.300 e. The molecule has 0 aromatic rings. The molecule has 1 aliphatic carbocycles. The van der Waals surface area contributed by atoms with E-state index in [0.29, 0.717) is 12.1 Å². The average molecular weight is 291 g/mol. The van der Waals surface area contributed by atoms with Gasteiger partial charge in [0.2, 0.25) is 0 Å². The van der Waals surface area contributed by atoms with Crippen molar-refractivity contribution in [2.75, 3.05) is 13.1 Å². The molecule has 0 spiro atoms. The third-order valence-corrected chi connectivity index (χ3v) is 5.50. The van der Waals surface area contributed by atoms with Gasteiger partial charge in [-0.05, 0) is 65.3 Å². The lowest BCUT2D eigenvalue weighted by atomic mass is 9.74. The van der Waals surface area contributed by atoms with Crippen LogP contribution in [0.4, 0.5) is 0 Å². The Morgan fingerprint density at radius 1 is 1.19 bits per heavy atom.